The number of carboxylic acid groups (broad SMARTS) is 2. The van der Waals surface area contributed by atoms with Crippen LogP contribution in [0.4, 0.5) is 0 Å². The molecule has 0 saturated carbocycles. The van der Waals surface area contributed by atoms with E-state index in [9.17, 15) is 115 Å². The molecular weight excluding hydrogens is 1770 g/mol. The minimum atomic E-state index is -6.09. The van der Waals surface area contributed by atoms with Crippen LogP contribution in [0.1, 0.15) is 394 Å². The number of rotatable bonds is 79. The van der Waals surface area contributed by atoms with Gasteiger partial charge in [-0.2, -0.15) is 0 Å². The predicted octanol–water partition coefficient (Wildman–Crippen LogP) is 10.6. The second-order valence-corrected chi connectivity index (χ2v) is 38.9. The highest BCUT2D eigenvalue weighted by atomic mass is 31.2. The molecule has 2 amide bonds. The van der Waals surface area contributed by atoms with E-state index in [0.29, 0.717) is 51.4 Å². The fourth-order valence-corrected chi connectivity index (χ4v) is 18.5. The number of esters is 3. The predicted molar refractivity (Wildman–Crippen MR) is 492 cm³/mol. The Kier molecular flexibility index (Phi) is 63.3. The number of aliphatic hydroxyl groups excluding tert-OH is 12. The molecule has 0 aromatic carbocycles. The molecule has 24 atom stereocenters. The second-order valence-electron chi connectivity index (χ2n) is 37.7. The molecule has 37 nitrogen and oxygen atoms in total. The summed E-state index contributed by atoms with van der Waals surface area (Å²) in [6.07, 6.45) is -3.99. The van der Waals surface area contributed by atoms with Crippen LogP contribution in [-0.4, -0.2) is 295 Å². The van der Waals surface area contributed by atoms with Gasteiger partial charge in [0.2, 0.25) is 11.8 Å². The number of carbonyl (C=O) groups is 7. The number of ether oxygens (including phenoxy) is 10. The number of carbonyl (C=O) groups excluding carboxylic acids is 5. The Bertz CT molecular complexity index is 3210. The van der Waals surface area contributed by atoms with Gasteiger partial charge in [-0.15, -0.1) is 0 Å². The normalized spacial score (nSPS) is 27.0. The van der Waals surface area contributed by atoms with Crippen molar-refractivity contribution in [1.29, 1.82) is 0 Å². The van der Waals surface area contributed by atoms with Crippen molar-refractivity contribution in [1.82, 2.24) is 10.6 Å². The van der Waals surface area contributed by atoms with Crippen LogP contribution in [-0.2, 0) is 90.0 Å². The number of aliphatic carboxylic acids is 2. The van der Waals surface area contributed by atoms with Gasteiger partial charge in [-0.3, -0.25) is 28.5 Å². The van der Waals surface area contributed by atoms with Gasteiger partial charge in [-0.1, -0.05) is 311 Å². The monoisotopic (exact) mass is 1950 g/mol. The minimum absolute atomic E-state index is 0.0124. The Morgan fingerprint density at radius 1 is 0.410 bits per heavy atom. The van der Waals surface area contributed by atoms with Crippen LogP contribution in [0.3, 0.4) is 0 Å². The van der Waals surface area contributed by atoms with E-state index in [1.54, 1.807) is 0 Å². The van der Waals surface area contributed by atoms with E-state index in [-0.39, 0.29) is 32.1 Å². The maximum atomic E-state index is 15.4. The number of hydrogen-bond acceptors (Lipinski definition) is 31. The summed E-state index contributed by atoms with van der Waals surface area (Å²) in [5, 5.41) is 162. The van der Waals surface area contributed by atoms with Gasteiger partial charge in [-0.25, -0.2) is 14.2 Å². The highest BCUT2D eigenvalue weighted by Gasteiger charge is 2.63. The third-order valence-corrected chi connectivity index (χ3v) is 26.4. The molecule has 0 radical (unpaired) electrons. The maximum absolute atomic E-state index is 15.4. The van der Waals surface area contributed by atoms with E-state index in [1.165, 1.54) is 0 Å². The van der Waals surface area contributed by atoms with Crippen LogP contribution in [0.25, 0.3) is 0 Å². The summed E-state index contributed by atoms with van der Waals surface area (Å²) in [5.41, 5.74) is 0. The van der Waals surface area contributed by atoms with E-state index >= 15 is 4.79 Å². The summed E-state index contributed by atoms with van der Waals surface area (Å²) in [6, 6.07) is -4.01. The number of carboxylic acids is 2. The smallest absolute Gasteiger partial charge is 0.470 e. The number of unbranched alkanes of at least 4 members (excludes halogenated alkanes) is 40. The van der Waals surface area contributed by atoms with Crippen molar-refractivity contribution in [2.45, 2.75) is 540 Å². The maximum Gasteiger partial charge on any atom is 0.470 e. The van der Waals surface area contributed by atoms with Crippen molar-refractivity contribution >= 4 is 49.5 Å². The van der Waals surface area contributed by atoms with Crippen molar-refractivity contribution < 1.29 is 171 Å². The van der Waals surface area contributed by atoms with Gasteiger partial charge < -0.3 is 139 Å². The zero-order chi connectivity index (χ0) is 98.9. The van der Waals surface area contributed by atoms with Crippen LogP contribution in [0.15, 0.2) is 0 Å². The van der Waals surface area contributed by atoms with Gasteiger partial charge >= 0.3 is 37.7 Å². The Labute approximate surface area is 794 Å². The molecule has 0 aromatic heterocycles. The highest BCUT2D eigenvalue weighted by Crippen LogP contribution is 2.45. The highest BCUT2D eigenvalue weighted by molar-refractivity contribution is 7.46. The molecule has 18 N–H and O–H groups in total. The lowest BCUT2D eigenvalue weighted by atomic mass is 9.90. The molecule has 0 bridgehead atoms. The molecule has 4 fully saturated rings. The fourth-order valence-electron chi connectivity index (χ4n) is 17.9. The van der Waals surface area contributed by atoms with Crippen molar-refractivity contribution in [3.05, 3.63) is 0 Å². The fraction of sp³-hybridized carbons (Fsp3) is 0.927. The molecule has 0 spiro atoms. The molecule has 784 valence electrons. The van der Waals surface area contributed by atoms with Crippen LogP contribution in [0.2, 0.25) is 0 Å². The third kappa shape index (κ3) is 47.5. The van der Waals surface area contributed by atoms with Gasteiger partial charge in [0.25, 0.3) is 11.6 Å². The van der Waals surface area contributed by atoms with Gasteiger partial charge in [0.05, 0.1) is 82.6 Å². The Morgan fingerprint density at radius 2 is 0.791 bits per heavy atom. The van der Waals surface area contributed by atoms with Crippen molar-refractivity contribution in [3.8, 4) is 0 Å². The summed E-state index contributed by atoms with van der Waals surface area (Å²) in [6.45, 7) is 5.50. The summed E-state index contributed by atoms with van der Waals surface area (Å²) in [4.78, 5) is 122. The SMILES string of the molecule is CCCCCCCCCCCC(=O)O[C@H](CCCCCCCCCCC)CC(=O)N[C@H]1[C@H](OC[C@H]2O[C@H](O)[C@H](NC(=O)C[C@H](O)CCCCCCCCCCC)[C@@H](OC(=O)C[C@H](O)CCCCCCCCCCC)[C@@H]2O)O[C@H](CO[C@]2(C(=O)O)C[C@@H](O[C@]3(C(=O)O)C[C@@H](O)[C@@H](O)[C@@H]([C@H](O)CO)O3)[C@@H](O)[C@@H]([C@H](O)CO)O2)[C@@H](OP(=O)(O)O)[C@@H]1OC(=O)C[C@H](O)CCCCCCCCCCC. The standard InChI is InChI=1S/C96H175N2O35P/c1-6-11-16-21-26-31-36-41-46-51-66(101)56-76(107)97-81-89(128-79(110)57-67(102)52-47-42-37-32-27-22-17-12-7-2)85(114)74(126-91(81)115)64-123-92-82(98-77(108)59-69(54-49-44-39-34-29-24-19-14-9-4)125-78(109)55-50-45-40-35-30-25-20-15-10-5)90(129-80(111)58-68(103)53-48-43-38-33-28-23-18-13-8-3)88(133-134(120,121)122)75(127-92)65-124-95(93(116)117)61-73(84(113)87(131-95)72(106)63-100)130-96(94(118)119)60-70(104)83(112)86(132-96)71(105)62-99/h66-75,81-92,99-106,112-115H,6-65H2,1-5H3,(H,97,107)(H,98,108)(H,116,117)(H,118,119)(H2,120,121,122)/t66-,67-,68-,69-,70-,71-,72-,73-,74-,75-,81-,82-,83-,84-,85-,86-,87-,88-,89-,90-,91+,92-,95-,96-/m1/s1. The molecule has 0 aliphatic carbocycles. The number of hydrogen-bond donors (Lipinski definition) is 18. The molecule has 4 rings (SSSR count). The number of amides is 2. The van der Waals surface area contributed by atoms with Gasteiger partial charge in [-0.05, 0) is 38.5 Å². The van der Waals surface area contributed by atoms with Gasteiger partial charge in [0.15, 0.2) is 24.8 Å². The summed E-state index contributed by atoms with van der Waals surface area (Å²) < 4.78 is 79.9. The molecule has 0 unspecified atom stereocenters. The van der Waals surface area contributed by atoms with E-state index in [0.717, 1.165) is 238 Å². The first-order chi connectivity index (χ1) is 64.2. The lowest BCUT2D eigenvalue weighted by molar-refractivity contribution is -0.378. The lowest BCUT2D eigenvalue weighted by Gasteiger charge is -2.50. The Balaban J connectivity index is 1.96. The van der Waals surface area contributed by atoms with Gasteiger partial charge in [0.1, 0.15) is 79.2 Å². The molecule has 4 aliphatic heterocycles. The third-order valence-electron chi connectivity index (χ3n) is 25.8. The van der Waals surface area contributed by atoms with Crippen LogP contribution in [0.5, 0.6) is 0 Å². The lowest BCUT2D eigenvalue weighted by Crippen LogP contribution is -2.69. The topological polar surface area (TPSA) is 586 Å². The van der Waals surface area contributed by atoms with E-state index in [4.69, 9.17) is 51.9 Å². The largest absolute Gasteiger partial charge is 0.477 e. The molecule has 4 saturated heterocycles. The average Bonchev–Trinajstić information content (AvgIpc) is 0.746. The number of phosphoric ester groups is 1. The molecular formula is C96H175N2O35P. The molecule has 134 heavy (non-hydrogen) atoms. The zero-order valence-corrected chi connectivity index (χ0v) is 81.9. The van der Waals surface area contributed by atoms with E-state index < -0.39 is 261 Å². The van der Waals surface area contributed by atoms with Gasteiger partial charge in [0, 0.05) is 19.3 Å². The van der Waals surface area contributed by atoms with Crippen molar-refractivity contribution in [3.63, 3.8) is 0 Å². The van der Waals surface area contributed by atoms with Crippen LogP contribution >= 0.6 is 7.82 Å². The summed E-state index contributed by atoms with van der Waals surface area (Å²) in [7, 11) is -6.09. The summed E-state index contributed by atoms with van der Waals surface area (Å²) >= 11 is 0. The van der Waals surface area contributed by atoms with Crippen LogP contribution < -0.4 is 10.6 Å². The average molecular weight is 1950 g/mol. The second kappa shape index (κ2) is 69.5. The van der Waals surface area contributed by atoms with Crippen molar-refractivity contribution in [2.24, 2.45) is 0 Å². The molecule has 4 aliphatic rings. The number of nitrogens with one attached hydrogen (secondary N) is 2. The van der Waals surface area contributed by atoms with E-state index in [1.807, 2.05) is 0 Å². The summed E-state index contributed by atoms with van der Waals surface area (Å²) in [5.74, 6) is -16.1. The zero-order valence-electron chi connectivity index (χ0n) is 81.0. The Hall–Kier alpha value is -4.36. The first-order valence-electron chi connectivity index (χ1n) is 51.2. The number of aliphatic hydroxyl groups is 12. The Morgan fingerprint density at radius 3 is 1.22 bits per heavy atom. The first-order valence-corrected chi connectivity index (χ1v) is 52.7. The van der Waals surface area contributed by atoms with E-state index in [2.05, 4.69) is 45.3 Å². The number of phosphoric acid groups is 1. The molecule has 0 aromatic rings. The van der Waals surface area contributed by atoms with Crippen LogP contribution in [0, 0.1) is 0 Å². The molecule has 4 heterocycles. The van der Waals surface area contributed by atoms with Crippen molar-refractivity contribution in [2.75, 3.05) is 26.4 Å². The molecule has 38 heteroatoms. The minimum Gasteiger partial charge on any atom is -0.477 e. The first kappa shape index (κ1) is 122. The quantitative estimate of drug-likeness (QED) is 0.0116.